The van der Waals surface area contributed by atoms with Crippen LogP contribution >= 0.6 is 0 Å². The van der Waals surface area contributed by atoms with Crippen LogP contribution in [-0.2, 0) is 0 Å². The molecule has 0 unspecified atom stereocenters. The second-order valence-corrected chi connectivity index (χ2v) is 7.73. The molecule has 0 bridgehead atoms. The number of hydrogen-bond donors (Lipinski definition) is 1. The Morgan fingerprint density at radius 3 is 2.35 bits per heavy atom. The first-order valence-corrected chi connectivity index (χ1v) is 7.75. The zero-order valence-electron chi connectivity index (χ0n) is 14.9. The van der Waals surface area contributed by atoms with Crippen molar-refractivity contribution in [1.82, 2.24) is 4.98 Å². The molecule has 0 aliphatic rings. The van der Waals surface area contributed by atoms with Crippen molar-refractivity contribution in [3.05, 3.63) is 29.3 Å². The molecule has 0 aliphatic heterocycles. The lowest BCUT2D eigenvalue weighted by Gasteiger charge is -2.22. The van der Waals surface area contributed by atoms with Gasteiger partial charge in [-0.1, -0.05) is 6.07 Å². The van der Waals surface area contributed by atoms with Crippen molar-refractivity contribution in [2.75, 3.05) is 5.32 Å². The van der Waals surface area contributed by atoms with Gasteiger partial charge >= 0.3 is 0 Å². The highest BCUT2D eigenvalue weighted by Gasteiger charge is 2.18. The lowest BCUT2D eigenvalue weighted by atomic mass is 10.1. The van der Waals surface area contributed by atoms with Crippen LogP contribution in [-0.4, -0.2) is 21.8 Å². The third kappa shape index (κ3) is 4.41. The zero-order chi connectivity index (χ0) is 17.4. The summed E-state index contributed by atoms with van der Waals surface area (Å²) in [6.45, 7) is 13.6. The lowest BCUT2D eigenvalue weighted by Crippen LogP contribution is -2.31. The molecule has 0 radical (unpaired) electrons. The summed E-state index contributed by atoms with van der Waals surface area (Å²) in [7, 11) is 0. The monoisotopic (exact) mass is 315 g/mol. The van der Waals surface area contributed by atoms with E-state index in [9.17, 15) is 4.79 Å². The van der Waals surface area contributed by atoms with Crippen LogP contribution in [0.15, 0.2) is 27.6 Å². The van der Waals surface area contributed by atoms with Gasteiger partial charge in [0.15, 0.2) is 17.2 Å². The molecule has 0 amide bonds. The zero-order valence-corrected chi connectivity index (χ0v) is 14.9. The Morgan fingerprint density at radius 2 is 1.83 bits per heavy atom. The minimum atomic E-state index is -0.300. The van der Waals surface area contributed by atoms with Crippen molar-refractivity contribution in [1.29, 1.82) is 0 Å². The van der Waals surface area contributed by atoms with E-state index in [1.807, 2.05) is 41.5 Å². The smallest absolute Gasteiger partial charge is 0.258 e. The van der Waals surface area contributed by atoms with Crippen LogP contribution in [0.1, 0.15) is 58.8 Å². The number of Topliss-reactive ketones (excluding diaryl/α,β-unsaturated/α-hetero) is 1. The maximum atomic E-state index is 11.8. The molecule has 1 N–H and O–H groups in total. The molecule has 0 spiro atoms. The lowest BCUT2D eigenvalue weighted by molar-refractivity contribution is 0.101. The van der Waals surface area contributed by atoms with Crippen molar-refractivity contribution >= 4 is 22.7 Å². The Kier molecular flexibility index (Phi) is 4.33. The third-order valence-corrected chi connectivity index (χ3v) is 2.94. The summed E-state index contributed by atoms with van der Waals surface area (Å²) < 4.78 is 5.96. The molecule has 1 heterocycles. The first-order chi connectivity index (χ1) is 10.5. The van der Waals surface area contributed by atoms with Crippen molar-refractivity contribution in [2.45, 2.75) is 59.5 Å². The number of benzene rings is 1. The number of carbonyl (C=O) groups excluding carboxylic acids is 1. The van der Waals surface area contributed by atoms with E-state index in [0.717, 1.165) is 0 Å². The molecular weight excluding hydrogens is 290 g/mol. The topological polar surface area (TPSA) is 67.5 Å². The predicted octanol–water partition coefficient (Wildman–Crippen LogP) is 3.94. The molecule has 23 heavy (non-hydrogen) atoms. The highest BCUT2D eigenvalue weighted by atomic mass is 16.3. The maximum Gasteiger partial charge on any atom is 0.258 e. The summed E-state index contributed by atoms with van der Waals surface area (Å²) in [5, 5.41) is 3.32. The van der Waals surface area contributed by atoms with E-state index < -0.39 is 0 Å². The standard InChI is InChI=1S/C18H25N3O2/c1-11(22)12-9-8-10-13-14(12)19-15(20-17(2,3)4)16(23-13)21-18(5,6)7/h8-10H,1-7H3,(H,19,20). The Balaban J connectivity index is 2.82. The molecule has 0 fully saturated rings. The summed E-state index contributed by atoms with van der Waals surface area (Å²) >= 11 is 0. The molecule has 1 aromatic heterocycles. The number of nitrogens with zero attached hydrogens (tertiary/aromatic N) is 2. The van der Waals surface area contributed by atoms with Gasteiger partial charge in [0.1, 0.15) is 5.52 Å². The Labute approximate surface area is 136 Å². The van der Waals surface area contributed by atoms with Gasteiger partial charge in [0.05, 0.1) is 5.54 Å². The van der Waals surface area contributed by atoms with Crippen LogP contribution in [0, 0.1) is 0 Å². The number of aromatic nitrogens is 1. The molecular formula is C18H25N3O2. The van der Waals surface area contributed by atoms with Gasteiger partial charge in [-0.15, -0.1) is 0 Å². The van der Waals surface area contributed by atoms with Crippen molar-refractivity contribution in [2.24, 2.45) is 4.99 Å². The van der Waals surface area contributed by atoms with Crippen LogP contribution in [0.25, 0.3) is 11.1 Å². The number of rotatable bonds is 2. The van der Waals surface area contributed by atoms with Crippen LogP contribution in [0.4, 0.5) is 5.82 Å². The van der Waals surface area contributed by atoms with E-state index in [0.29, 0.717) is 28.0 Å². The van der Waals surface area contributed by atoms with Gasteiger partial charge in [-0.3, -0.25) is 4.79 Å². The SMILES string of the molecule is CC(=O)c1cccc2oc(=NC(C)(C)C)c(NC(C)(C)C)nc12. The molecule has 0 aliphatic carbocycles. The Hall–Kier alpha value is -2.17. The van der Waals surface area contributed by atoms with Crippen molar-refractivity contribution in [3.8, 4) is 0 Å². The van der Waals surface area contributed by atoms with Gasteiger partial charge in [-0.05, 0) is 60.6 Å². The van der Waals surface area contributed by atoms with E-state index >= 15 is 0 Å². The fourth-order valence-corrected chi connectivity index (χ4v) is 2.13. The number of nitrogens with one attached hydrogen (secondary N) is 1. The summed E-state index contributed by atoms with van der Waals surface area (Å²) in [5.74, 6) is 0.508. The van der Waals surface area contributed by atoms with Crippen LogP contribution in [0.2, 0.25) is 0 Å². The van der Waals surface area contributed by atoms with Crippen molar-refractivity contribution in [3.63, 3.8) is 0 Å². The molecule has 5 nitrogen and oxygen atoms in total. The molecule has 0 saturated heterocycles. The number of carbonyl (C=O) groups is 1. The summed E-state index contributed by atoms with van der Waals surface area (Å²) in [6, 6.07) is 5.36. The van der Waals surface area contributed by atoms with Gasteiger partial charge in [-0.2, -0.15) is 0 Å². The largest absolute Gasteiger partial charge is 0.434 e. The number of hydrogen-bond acceptors (Lipinski definition) is 5. The summed E-state index contributed by atoms with van der Waals surface area (Å²) in [6.07, 6.45) is 0. The summed E-state index contributed by atoms with van der Waals surface area (Å²) in [4.78, 5) is 21.1. The van der Waals surface area contributed by atoms with Crippen molar-refractivity contribution < 1.29 is 9.21 Å². The minimum absolute atomic E-state index is 0.0412. The van der Waals surface area contributed by atoms with E-state index in [1.165, 1.54) is 6.92 Å². The number of para-hydroxylation sites is 1. The molecule has 0 atom stereocenters. The van der Waals surface area contributed by atoms with Crippen LogP contribution < -0.4 is 10.9 Å². The normalized spacial score (nSPS) is 13.4. The van der Waals surface area contributed by atoms with Gasteiger partial charge in [0.25, 0.3) is 5.55 Å². The Bertz CT molecular complexity index is 806. The third-order valence-electron chi connectivity index (χ3n) is 2.94. The maximum absolute atomic E-state index is 11.8. The van der Waals surface area contributed by atoms with E-state index in [2.05, 4.69) is 15.3 Å². The quantitative estimate of drug-likeness (QED) is 0.852. The highest BCUT2D eigenvalue weighted by molar-refractivity contribution is 6.04. The average molecular weight is 315 g/mol. The molecule has 0 saturated carbocycles. The van der Waals surface area contributed by atoms with Gasteiger partial charge in [0, 0.05) is 11.1 Å². The molecule has 1 aromatic carbocycles. The summed E-state index contributed by atoms with van der Waals surface area (Å²) in [5.41, 5.74) is 1.60. The molecule has 2 rings (SSSR count). The number of anilines is 1. The molecule has 5 heteroatoms. The molecule has 2 aromatic rings. The average Bonchev–Trinajstić information content (AvgIpc) is 2.35. The van der Waals surface area contributed by atoms with Crippen LogP contribution in [0.5, 0.6) is 0 Å². The first-order valence-electron chi connectivity index (χ1n) is 7.75. The second-order valence-electron chi connectivity index (χ2n) is 7.73. The fourth-order valence-electron chi connectivity index (χ4n) is 2.13. The number of ketones is 1. The highest BCUT2D eigenvalue weighted by Crippen LogP contribution is 2.19. The van der Waals surface area contributed by atoms with E-state index in [4.69, 9.17) is 4.42 Å². The minimum Gasteiger partial charge on any atom is -0.434 e. The van der Waals surface area contributed by atoms with Crippen LogP contribution in [0.3, 0.4) is 0 Å². The predicted molar refractivity (Wildman–Crippen MR) is 92.7 cm³/mol. The van der Waals surface area contributed by atoms with Gasteiger partial charge in [0.2, 0.25) is 0 Å². The first kappa shape index (κ1) is 17.2. The fraction of sp³-hybridized carbons (Fsp3) is 0.500. The van der Waals surface area contributed by atoms with E-state index in [-0.39, 0.29) is 16.9 Å². The van der Waals surface area contributed by atoms with Gasteiger partial charge < -0.3 is 9.73 Å². The van der Waals surface area contributed by atoms with Gasteiger partial charge in [-0.25, -0.2) is 9.98 Å². The Morgan fingerprint density at radius 1 is 1.17 bits per heavy atom. The molecule has 124 valence electrons. The van der Waals surface area contributed by atoms with E-state index in [1.54, 1.807) is 18.2 Å². The number of fused-ring (bicyclic) bond motifs is 1. The second kappa shape index (κ2) is 5.80.